The summed E-state index contributed by atoms with van der Waals surface area (Å²) < 4.78 is 48.9. The number of ketones is 2. The first kappa shape index (κ1) is 33.3. The summed E-state index contributed by atoms with van der Waals surface area (Å²) in [6.45, 7) is 8.80. The normalized spacial score (nSPS) is 12.0. The molecule has 0 saturated carbocycles. The third kappa shape index (κ3) is 9.34. The molecule has 0 bridgehead atoms. The van der Waals surface area contributed by atoms with Crippen LogP contribution in [0, 0.1) is 0 Å². The number of urea groups is 1. The molecule has 0 fully saturated rings. The molecular weight excluding hydrogens is 566 g/mol. The van der Waals surface area contributed by atoms with E-state index in [0.717, 1.165) is 17.5 Å². The first-order chi connectivity index (χ1) is 19.1. The minimum Gasteiger partial charge on any atom is -0.307 e. The zero-order valence-electron chi connectivity index (χ0n) is 23.6. The first-order valence-electron chi connectivity index (χ1n) is 12.8. The van der Waals surface area contributed by atoms with Gasteiger partial charge >= 0.3 is 6.03 Å². The number of rotatable bonds is 9. The van der Waals surface area contributed by atoms with Gasteiger partial charge in [0.15, 0.2) is 11.6 Å². The largest absolute Gasteiger partial charge is 0.333 e. The van der Waals surface area contributed by atoms with Gasteiger partial charge in [-0.2, -0.15) is 0 Å². The molecule has 0 aliphatic carbocycles. The van der Waals surface area contributed by atoms with Gasteiger partial charge in [0.1, 0.15) is 0 Å². The summed E-state index contributed by atoms with van der Waals surface area (Å²) in [6.07, 6.45) is 1.59. The maximum atomic E-state index is 12.6. The van der Waals surface area contributed by atoms with Crippen molar-refractivity contribution in [3.05, 3.63) is 89.0 Å². The molecule has 3 rings (SSSR count). The number of hydrogen-bond donors (Lipinski definition) is 3. The lowest BCUT2D eigenvalue weighted by Gasteiger charge is -2.19. The zero-order valence-corrected chi connectivity index (χ0v) is 25.2. The number of anilines is 1. The molecule has 0 aliphatic heterocycles. The van der Waals surface area contributed by atoms with Crippen molar-refractivity contribution in [3.8, 4) is 0 Å². The molecule has 0 saturated heterocycles. The fourth-order valence-corrected chi connectivity index (χ4v) is 5.30. The number of benzene rings is 3. The number of carbonyl (C=O) groups excluding carboxylic acids is 3. The Morgan fingerprint density at radius 2 is 1.32 bits per heavy atom. The zero-order chi connectivity index (χ0) is 31.0. The summed E-state index contributed by atoms with van der Waals surface area (Å²) in [4.78, 5) is 34.7. The van der Waals surface area contributed by atoms with Gasteiger partial charge < -0.3 is 5.32 Å². The Hall–Kier alpha value is -3.87. The number of carbonyl (C=O) groups is 3. The van der Waals surface area contributed by atoms with Crippen LogP contribution in [0.4, 0.5) is 10.5 Å². The van der Waals surface area contributed by atoms with Crippen molar-refractivity contribution in [2.45, 2.75) is 63.2 Å². The van der Waals surface area contributed by atoms with Crippen LogP contribution in [0.1, 0.15) is 78.8 Å². The van der Waals surface area contributed by atoms with Crippen molar-refractivity contribution < 1.29 is 31.2 Å². The van der Waals surface area contributed by atoms with Gasteiger partial charge in [-0.25, -0.2) is 31.5 Å². The van der Waals surface area contributed by atoms with Crippen molar-refractivity contribution >= 4 is 43.3 Å². The van der Waals surface area contributed by atoms with E-state index in [1.807, 2.05) is 29.8 Å². The van der Waals surface area contributed by atoms with Gasteiger partial charge in [-0.15, -0.1) is 0 Å². The maximum Gasteiger partial charge on any atom is 0.333 e. The van der Waals surface area contributed by atoms with E-state index < -0.39 is 26.1 Å². The first-order valence-corrected chi connectivity index (χ1v) is 15.8. The number of nitrogens with two attached hydrogens (primary N) is 1. The highest BCUT2D eigenvalue weighted by Gasteiger charge is 2.21. The van der Waals surface area contributed by atoms with E-state index in [4.69, 9.17) is 5.14 Å². The van der Waals surface area contributed by atoms with Crippen molar-refractivity contribution in [2.75, 3.05) is 5.32 Å². The predicted octanol–water partition coefficient (Wildman–Crippen LogP) is 5.01. The summed E-state index contributed by atoms with van der Waals surface area (Å²) in [5.74, 6) is -0.229. The molecule has 2 amide bonds. The molecule has 41 heavy (non-hydrogen) atoms. The monoisotopic (exact) mass is 601 g/mol. The van der Waals surface area contributed by atoms with Crippen LogP contribution in [0.15, 0.2) is 76.5 Å². The molecule has 1 atom stereocenters. The molecule has 4 N–H and O–H groups in total. The van der Waals surface area contributed by atoms with Crippen LogP contribution >= 0.6 is 0 Å². The molecule has 12 heteroatoms. The summed E-state index contributed by atoms with van der Waals surface area (Å²) in [5, 5.41) is 7.60. The number of amides is 2. The smallest absolute Gasteiger partial charge is 0.307 e. The molecule has 1 unspecified atom stereocenters. The highest BCUT2D eigenvalue weighted by Crippen LogP contribution is 2.30. The lowest BCUT2D eigenvalue weighted by molar-refractivity contribution is 0.100. The molecule has 3 aromatic carbocycles. The number of hydrogen-bond acceptors (Lipinski definition) is 7. The number of nitrogens with one attached hydrogen (secondary N) is 2. The van der Waals surface area contributed by atoms with Gasteiger partial charge in [0.2, 0.25) is 10.0 Å². The maximum absolute atomic E-state index is 12.6. The fraction of sp³-hybridized carbons (Fsp3) is 0.276. The van der Waals surface area contributed by atoms with Gasteiger partial charge in [0.05, 0.1) is 9.79 Å². The molecule has 0 aliphatic rings. The highest BCUT2D eigenvalue weighted by molar-refractivity contribution is 7.90. The Labute approximate surface area is 241 Å². The molecule has 3 aromatic rings. The van der Waals surface area contributed by atoms with Crippen molar-refractivity contribution in [1.29, 1.82) is 0 Å². The van der Waals surface area contributed by atoms with E-state index in [1.165, 1.54) is 62.4 Å². The van der Waals surface area contributed by atoms with Crippen LogP contribution < -0.4 is 15.2 Å². The van der Waals surface area contributed by atoms with E-state index in [2.05, 4.69) is 19.2 Å². The second-order valence-electron chi connectivity index (χ2n) is 9.32. The number of sulfonamides is 2. The van der Waals surface area contributed by atoms with Crippen LogP contribution in [0.5, 0.6) is 0 Å². The Morgan fingerprint density at radius 3 is 1.80 bits per heavy atom. The van der Waals surface area contributed by atoms with E-state index >= 15 is 0 Å². The lowest BCUT2D eigenvalue weighted by Crippen LogP contribution is -2.35. The van der Waals surface area contributed by atoms with E-state index in [-0.39, 0.29) is 32.8 Å². The number of Topliss-reactive ketones (excluding diaryl/α,β-unsaturated/α-hetero) is 2. The molecule has 0 radical (unpaired) electrons. The van der Waals surface area contributed by atoms with E-state index in [0.29, 0.717) is 17.7 Å². The van der Waals surface area contributed by atoms with Crippen LogP contribution in [0.2, 0.25) is 0 Å². The molecule has 10 nitrogen and oxygen atoms in total. The SMILES string of the molecule is CC(=O)c1cccc(S(N)(=O)=O)c1.CCc1cccc(C(C)CC)c1NC(=O)NS(=O)(=O)c1cccc(C(C)=O)c1. The van der Waals surface area contributed by atoms with Crippen LogP contribution in [-0.4, -0.2) is 34.4 Å². The average molecular weight is 602 g/mol. The summed E-state index contributed by atoms with van der Waals surface area (Å²) in [6, 6.07) is 16.2. The van der Waals surface area contributed by atoms with Crippen LogP contribution in [0.25, 0.3) is 0 Å². The Kier molecular flexibility index (Phi) is 11.5. The van der Waals surface area contributed by atoms with Gasteiger partial charge in [-0.3, -0.25) is 9.59 Å². The van der Waals surface area contributed by atoms with Gasteiger partial charge in [0.25, 0.3) is 10.0 Å². The second kappa shape index (κ2) is 14.2. The van der Waals surface area contributed by atoms with Crippen molar-refractivity contribution in [2.24, 2.45) is 5.14 Å². The summed E-state index contributed by atoms with van der Waals surface area (Å²) in [7, 11) is -7.82. The molecular formula is C29H35N3O7S2. The highest BCUT2D eigenvalue weighted by atomic mass is 32.2. The Balaban J connectivity index is 0.000000377. The second-order valence-corrected chi connectivity index (χ2v) is 12.6. The molecule has 220 valence electrons. The van der Waals surface area contributed by atoms with Crippen molar-refractivity contribution in [3.63, 3.8) is 0 Å². The number of para-hydroxylation sites is 1. The van der Waals surface area contributed by atoms with Crippen LogP contribution in [0.3, 0.4) is 0 Å². The minimum absolute atomic E-state index is 0.0415. The Bertz CT molecular complexity index is 1650. The van der Waals surface area contributed by atoms with E-state index in [9.17, 15) is 31.2 Å². The van der Waals surface area contributed by atoms with Crippen molar-refractivity contribution in [1.82, 2.24) is 4.72 Å². The van der Waals surface area contributed by atoms with Gasteiger partial charge in [-0.05, 0) is 68.0 Å². The fourth-order valence-electron chi connectivity index (χ4n) is 3.79. The topological polar surface area (TPSA) is 170 Å². The summed E-state index contributed by atoms with van der Waals surface area (Å²) >= 11 is 0. The lowest BCUT2D eigenvalue weighted by atomic mass is 9.93. The summed E-state index contributed by atoms with van der Waals surface area (Å²) in [5.41, 5.74) is 3.15. The van der Waals surface area contributed by atoms with Gasteiger partial charge in [-0.1, -0.05) is 63.2 Å². The predicted molar refractivity (Wildman–Crippen MR) is 158 cm³/mol. The van der Waals surface area contributed by atoms with E-state index in [1.54, 1.807) is 0 Å². The third-order valence-electron chi connectivity index (χ3n) is 6.29. The molecule has 0 aromatic heterocycles. The average Bonchev–Trinajstić information content (AvgIpc) is 2.92. The third-order valence-corrected chi connectivity index (χ3v) is 8.53. The molecule has 0 spiro atoms. The van der Waals surface area contributed by atoms with Gasteiger partial charge in [0, 0.05) is 16.8 Å². The molecule has 0 heterocycles. The quantitative estimate of drug-likeness (QED) is 0.289. The minimum atomic E-state index is -4.11. The standard InChI is InChI=1S/C21H26N2O4S.C8H9NO3S/c1-5-14(3)19-12-8-9-16(6-2)20(19)22-21(25)23-28(26,27)18-11-7-10-17(13-18)15(4)24;1-6(10)7-3-2-4-8(5-7)13(9,11)12/h7-14H,5-6H2,1-4H3,(H2,22,23,25);2-5H,1H3,(H2,9,11,12). The Morgan fingerprint density at radius 1 is 0.805 bits per heavy atom. The number of aryl methyl sites for hydroxylation is 1. The van der Waals surface area contributed by atoms with Crippen LogP contribution in [-0.2, 0) is 26.5 Å². The number of primary sulfonamides is 1.